The first-order valence-electron chi connectivity index (χ1n) is 5.24. The van der Waals surface area contributed by atoms with E-state index in [1.807, 2.05) is 0 Å². The molecular formula is C10H18ClNO2. The molecule has 0 spiro atoms. The topological polar surface area (TPSA) is 49.3 Å². The maximum Gasteiger partial charge on any atom is 0.220 e. The van der Waals surface area contributed by atoms with Gasteiger partial charge in [0.1, 0.15) is 0 Å². The molecule has 0 aromatic heterocycles. The molecule has 2 unspecified atom stereocenters. The number of rotatable bonds is 5. The summed E-state index contributed by atoms with van der Waals surface area (Å²) in [4.78, 5) is 11.2. The Morgan fingerprint density at radius 2 is 2.29 bits per heavy atom. The number of halogens is 1. The fraction of sp³-hybridized carbons (Fsp3) is 0.900. The van der Waals surface area contributed by atoms with Gasteiger partial charge in [-0.15, -0.1) is 11.6 Å². The highest BCUT2D eigenvalue weighted by atomic mass is 35.5. The SMILES string of the molecule is O=C(CCCCl)NCC1CCCC1O. The number of hydrogen-bond donors (Lipinski definition) is 2. The van der Waals surface area contributed by atoms with Crippen molar-refractivity contribution in [3.05, 3.63) is 0 Å². The molecular weight excluding hydrogens is 202 g/mol. The van der Waals surface area contributed by atoms with Crippen molar-refractivity contribution < 1.29 is 9.90 Å². The summed E-state index contributed by atoms with van der Waals surface area (Å²) in [5, 5.41) is 12.3. The van der Waals surface area contributed by atoms with E-state index in [-0.39, 0.29) is 17.9 Å². The van der Waals surface area contributed by atoms with Crippen LogP contribution in [0, 0.1) is 5.92 Å². The smallest absolute Gasteiger partial charge is 0.220 e. The molecule has 1 aliphatic rings. The van der Waals surface area contributed by atoms with Gasteiger partial charge in [0.25, 0.3) is 0 Å². The van der Waals surface area contributed by atoms with E-state index in [0.717, 1.165) is 25.7 Å². The van der Waals surface area contributed by atoms with Crippen LogP contribution in [0.3, 0.4) is 0 Å². The van der Waals surface area contributed by atoms with Crippen LogP contribution >= 0.6 is 11.6 Å². The molecule has 1 rings (SSSR count). The van der Waals surface area contributed by atoms with E-state index >= 15 is 0 Å². The van der Waals surface area contributed by atoms with Gasteiger partial charge in [-0.1, -0.05) is 6.42 Å². The Kier molecular flexibility index (Phi) is 5.26. The van der Waals surface area contributed by atoms with Gasteiger partial charge in [-0.25, -0.2) is 0 Å². The summed E-state index contributed by atoms with van der Waals surface area (Å²) in [5.74, 6) is 0.833. The standard InChI is InChI=1S/C10H18ClNO2/c11-6-2-5-10(14)12-7-8-3-1-4-9(8)13/h8-9,13H,1-7H2,(H,12,14). The van der Waals surface area contributed by atoms with E-state index in [4.69, 9.17) is 11.6 Å². The lowest BCUT2D eigenvalue weighted by Gasteiger charge is -2.14. The highest BCUT2D eigenvalue weighted by molar-refractivity contribution is 6.17. The van der Waals surface area contributed by atoms with Crippen molar-refractivity contribution in [2.24, 2.45) is 5.92 Å². The number of carbonyl (C=O) groups excluding carboxylic acids is 1. The summed E-state index contributed by atoms with van der Waals surface area (Å²) in [7, 11) is 0. The van der Waals surface area contributed by atoms with Gasteiger partial charge < -0.3 is 10.4 Å². The van der Waals surface area contributed by atoms with E-state index in [9.17, 15) is 9.90 Å². The van der Waals surface area contributed by atoms with Crippen LogP contribution in [-0.4, -0.2) is 29.5 Å². The summed E-state index contributed by atoms with van der Waals surface area (Å²) in [6.45, 7) is 0.613. The largest absolute Gasteiger partial charge is 0.393 e. The Bertz CT molecular complexity index is 187. The fourth-order valence-corrected chi connectivity index (χ4v) is 1.95. The number of nitrogens with one attached hydrogen (secondary N) is 1. The number of amides is 1. The Labute approximate surface area is 89.8 Å². The van der Waals surface area contributed by atoms with E-state index in [0.29, 0.717) is 18.8 Å². The minimum atomic E-state index is -0.219. The maximum absolute atomic E-state index is 11.2. The first-order chi connectivity index (χ1) is 6.74. The van der Waals surface area contributed by atoms with Gasteiger partial charge in [0.2, 0.25) is 5.91 Å². The van der Waals surface area contributed by atoms with E-state index in [1.165, 1.54) is 0 Å². The molecule has 82 valence electrons. The summed E-state index contributed by atoms with van der Waals surface area (Å²) in [6.07, 6.45) is 3.97. The van der Waals surface area contributed by atoms with Crippen LogP contribution in [0.5, 0.6) is 0 Å². The Morgan fingerprint density at radius 1 is 1.50 bits per heavy atom. The van der Waals surface area contributed by atoms with Crippen molar-refractivity contribution in [3.8, 4) is 0 Å². The molecule has 0 saturated heterocycles. The Morgan fingerprint density at radius 3 is 2.86 bits per heavy atom. The number of carbonyl (C=O) groups is 1. The van der Waals surface area contributed by atoms with Crippen molar-refractivity contribution in [2.45, 2.75) is 38.2 Å². The molecule has 1 aliphatic carbocycles. The lowest BCUT2D eigenvalue weighted by atomic mass is 10.1. The molecule has 0 heterocycles. The molecule has 0 bridgehead atoms. The zero-order chi connectivity index (χ0) is 10.4. The van der Waals surface area contributed by atoms with E-state index in [2.05, 4.69) is 5.32 Å². The molecule has 0 aromatic rings. The van der Waals surface area contributed by atoms with Gasteiger partial charge in [-0.3, -0.25) is 4.79 Å². The second kappa shape index (κ2) is 6.25. The highest BCUT2D eigenvalue weighted by Crippen LogP contribution is 2.24. The second-order valence-corrected chi connectivity index (χ2v) is 4.23. The molecule has 1 amide bonds. The van der Waals surface area contributed by atoms with Crippen LogP contribution in [0.2, 0.25) is 0 Å². The van der Waals surface area contributed by atoms with Crippen molar-refractivity contribution in [1.82, 2.24) is 5.32 Å². The number of aliphatic hydroxyl groups excluding tert-OH is 1. The number of aliphatic hydroxyl groups is 1. The van der Waals surface area contributed by atoms with Crippen molar-refractivity contribution in [2.75, 3.05) is 12.4 Å². The van der Waals surface area contributed by atoms with Gasteiger partial charge in [0, 0.05) is 24.8 Å². The van der Waals surface area contributed by atoms with E-state index < -0.39 is 0 Å². The molecule has 0 aliphatic heterocycles. The summed E-state index contributed by atoms with van der Waals surface area (Å²) in [5.41, 5.74) is 0. The van der Waals surface area contributed by atoms with Crippen LogP contribution in [0.25, 0.3) is 0 Å². The van der Waals surface area contributed by atoms with Crippen LogP contribution in [0.15, 0.2) is 0 Å². The summed E-state index contributed by atoms with van der Waals surface area (Å²) >= 11 is 5.48. The minimum absolute atomic E-state index is 0.0461. The zero-order valence-corrected chi connectivity index (χ0v) is 9.09. The molecule has 0 radical (unpaired) electrons. The summed E-state index contributed by atoms with van der Waals surface area (Å²) < 4.78 is 0. The zero-order valence-electron chi connectivity index (χ0n) is 8.34. The van der Waals surface area contributed by atoms with Gasteiger partial charge in [-0.2, -0.15) is 0 Å². The number of alkyl halides is 1. The van der Waals surface area contributed by atoms with Crippen LogP contribution in [0.1, 0.15) is 32.1 Å². The molecule has 0 aromatic carbocycles. The fourth-order valence-electron chi connectivity index (χ4n) is 1.82. The van der Waals surface area contributed by atoms with Gasteiger partial charge in [0.15, 0.2) is 0 Å². The average Bonchev–Trinajstić information content (AvgIpc) is 2.58. The highest BCUT2D eigenvalue weighted by Gasteiger charge is 2.25. The molecule has 2 atom stereocenters. The third-order valence-electron chi connectivity index (χ3n) is 2.72. The molecule has 4 heteroatoms. The van der Waals surface area contributed by atoms with Gasteiger partial charge in [-0.05, 0) is 19.3 Å². The number of hydrogen-bond acceptors (Lipinski definition) is 2. The van der Waals surface area contributed by atoms with E-state index in [1.54, 1.807) is 0 Å². The Hall–Kier alpha value is -0.280. The molecule has 1 saturated carbocycles. The lowest BCUT2D eigenvalue weighted by molar-refractivity contribution is -0.121. The molecule has 1 fully saturated rings. The molecule has 2 N–H and O–H groups in total. The Balaban J connectivity index is 2.10. The predicted octanol–water partition coefficient (Wildman–Crippen LogP) is 1.28. The monoisotopic (exact) mass is 219 g/mol. The third-order valence-corrected chi connectivity index (χ3v) is 2.99. The van der Waals surface area contributed by atoms with Crippen molar-refractivity contribution in [3.63, 3.8) is 0 Å². The van der Waals surface area contributed by atoms with Crippen LogP contribution in [-0.2, 0) is 4.79 Å². The first-order valence-corrected chi connectivity index (χ1v) is 5.78. The second-order valence-electron chi connectivity index (χ2n) is 3.85. The predicted molar refractivity (Wildman–Crippen MR) is 56.3 cm³/mol. The lowest BCUT2D eigenvalue weighted by Crippen LogP contribution is -2.32. The normalized spacial score (nSPS) is 26.4. The van der Waals surface area contributed by atoms with Crippen molar-refractivity contribution >= 4 is 17.5 Å². The maximum atomic E-state index is 11.2. The third kappa shape index (κ3) is 3.84. The first kappa shape index (κ1) is 11.8. The van der Waals surface area contributed by atoms with Gasteiger partial charge in [0.05, 0.1) is 6.10 Å². The van der Waals surface area contributed by atoms with Crippen LogP contribution < -0.4 is 5.32 Å². The summed E-state index contributed by atoms with van der Waals surface area (Å²) in [6, 6.07) is 0. The molecule has 3 nitrogen and oxygen atoms in total. The average molecular weight is 220 g/mol. The van der Waals surface area contributed by atoms with Crippen LogP contribution in [0.4, 0.5) is 0 Å². The molecule has 14 heavy (non-hydrogen) atoms. The van der Waals surface area contributed by atoms with Gasteiger partial charge >= 0.3 is 0 Å². The minimum Gasteiger partial charge on any atom is -0.393 e. The quantitative estimate of drug-likeness (QED) is 0.685. The van der Waals surface area contributed by atoms with Crippen molar-refractivity contribution in [1.29, 1.82) is 0 Å².